The SMILES string of the molecule is O=C(Nc1cc(F)cc(F)c1)c1cc2ccccc2o1. The first-order valence-electron chi connectivity index (χ1n) is 5.88. The molecule has 0 bridgehead atoms. The van der Waals surface area contributed by atoms with Gasteiger partial charge in [-0.05, 0) is 24.3 Å². The molecule has 0 atom stereocenters. The lowest BCUT2D eigenvalue weighted by Gasteiger charge is -2.03. The first kappa shape index (κ1) is 12.3. The van der Waals surface area contributed by atoms with Gasteiger partial charge in [0, 0.05) is 17.1 Å². The van der Waals surface area contributed by atoms with E-state index in [1.54, 1.807) is 24.3 Å². The number of hydrogen-bond acceptors (Lipinski definition) is 2. The highest BCUT2D eigenvalue weighted by atomic mass is 19.1. The van der Waals surface area contributed by atoms with E-state index in [0.29, 0.717) is 5.58 Å². The van der Waals surface area contributed by atoms with E-state index < -0.39 is 17.5 Å². The lowest BCUT2D eigenvalue weighted by atomic mass is 10.2. The summed E-state index contributed by atoms with van der Waals surface area (Å²) in [5, 5.41) is 3.17. The van der Waals surface area contributed by atoms with Crippen LogP contribution in [0.25, 0.3) is 11.0 Å². The van der Waals surface area contributed by atoms with Gasteiger partial charge in [0.2, 0.25) is 0 Å². The Morgan fingerprint density at radius 1 is 1.00 bits per heavy atom. The number of carbonyl (C=O) groups excluding carboxylic acids is 1. The second-order valence-corrected chi connectivity index (χ2v) is 4.26. The van der Waals surface area contributed by atoms with Crippen molar-refractivity contribution in [2.75, 3.05) is 5.32 Å². The summed E-state index contributed by atoms with van der Waals surface area (Å²) in [6.45, 7) is 0. The number of halogens is 2. The highest BCUT2D eigenvalue weighted by Gasteiger charge is 2.13. The van der Waals surface area contributed by atoms with E-state index in [2.05, 4.69) is 5.32 Å². The summed E-state index contributed by atoms with van der Waals surface area (Å²) in [4.78, 5) is 12.0. The van der Waals surface area contributed by atoms with Gasteiger partial charge in [0.05, 0.1) is 0 Å². The molecule has 0 saturated carbocycles. The van der Waals surface area contributed by atoms with Crippen LogP contribution in [0.5, 0.6) is 0 Å². The van der Waals surface area contributed by atoms with E-state index >= 15 is 0 Å². The van der Waals surface area contributed by atoms with Crippen molar-refractivity contribution < 1.29 is 18.0 Å². The van der Waals surface area contributed by atoms with E-state index in [1.807, 2.05) is 6.07 Å². The van der Waals surface area contributed by atoms with Gasteiger partial charge in [-0.3, -0.25) is 4.79 Å². The minimum atomic E-state index is -0.759. The predicted octanol–water partition coefficient (Wildman–Crippen LogP) is 3.96. The third-order valence-electron chi connectivity index (χ3n) is 2.77. The van der Waals surface area contributed by atoms with Gasteiger partial charge in [0.25, 0.3) is 5.91 Å². The summed E-state index contributed by atoms with van der Waals surface area (Å²) < 4.78 is 31.4. The van der Waals surface area contributed by atoms with E-state index in [9.17, 15) is 13.6 Å². The van der Waals surface area contributed by atoms with Crippen LogP contribution < -0.4 is 5.32 Å². The number of benzene rings is 2. The molecule has 1 amide bonds. The standard InChI is InChI=1S/C15H9F2NO2/c16-10-6-11(17)8-12(7-10)18-15(19)14-5-9-3-1-2-4-13(9)20-14/h1-8H,(H,18,19). The topological polar surface area (TPSA) is 42.2 Å². The number of rotatable bonds is 2. The molecule has 3 nitrogen and oxygen atoms in total. The number of amides is 1. The van der Waals surface area contributed by atoms with Gasteiger partial charge < -0.3 is 9.73 Å². The van der Waals surface area contributed by atoms with Crippen LogP contribution in [0, 0.1) is 11.6 Å². The Morgan fingerprint density at radius 2 is 1.70 bits per heavy atom. The summed E-state index contributed by atoms with van der Waals surface area (Å²) in [6.07, 6.45) is 0. The van der Waals surface area contributed by atoms with E-state index in [1.165, 1.54) is 0 Å². The summed E-state index contributed by atoms with van der Waals surface area (Å²) in [5.41, 5.74) is 0.607. The van der Waals surface area contributed by atoms with Crippen molar-refractivity contribution in [3.05, 3.63) is 65.9 Å². The Kier molecular flexibility index (Phi) is 2.95. The molecule has 0 spiro atoms. The largest absolute Gasteiger partial charge is 0.451 e. The highest BCUT2D eigenvalue weighted by molar-refractivity contribution is 6.04. The zero-order chi connectivity index (χ0) is 14.1. The number of furan rings is 1. The molecule has 1 heterocycles. The van der Waals surface area contributed by atoms with Crippen molar-refractivity contribution in [3.63, 3.8) is 0 Å². The van der Waals surface area contributed by atoms with Crippen LogP contribution in [0.2, 0.25) is 0 Å². The van der Waals surface area contributed by atoms with Crippen LogP contribution in [0.4, 0.5) is 14.5 Å². The molecule has 3 aromatic rings. The van der Waals surface area contributed by atoms with Gasteiger partial charge >= 0.3 is 0 Å². The predicted molar refractivity (Wildman–Crippen MR) is 70.5 cm³/mol. The summed E-state index contributed by atoms with van der Waals surface area (Å²) in [6, 6.07) is 11.5. The van der Waals surface area contributed by atoms with Crippen molar-refractivity contribution in [3.8, 4) is 0 Å². The molecule has 0 saturated heterocycles. The molecule has 0 aliphatic heterocycles. The molecule has 5 heteroatoms. The molecule has 0 aliphatic carbocycles. The molecule has 1 aromatic heterocycles. The summed E-state index contributed by atoms with van der Waals surface area (Å²) >= 11 is 0. The fraction of sp³-hybridized carbons (Fsp3) is 0. The van der Waals surface area contributed by atoms with Gasteiger partial charge in [0.1, 0.15) is 17.2 Å². The zero-order valence-electron chi connectivity index (χ0n) is 10.2. The lowest BCUT2D eigenvalue weighted by molar-refractivity contribution is 0.0998. The quantitative estimate of drug-likeness (QED) is 0.767. The Bertz CT molecular complexity index is 742. The third-order valence-corrected chi connectivity index (χ3v) is 2.77. The molecule has 0 radical (unpaired) electrons. The molecule has 0 fully saturated rings. The van der Waals surface area contributed by atoms with Crippen LogP contribution in [0.3, 0.4) is 0 Å². The second-order valence-electron chi connectivity index (χ2n) is 4.26. The van der Waals surface area contributed by atoms with Crippen LogP contribution in [-0.2, 0) is 0 Å². The normalized spacial score (nSPS) is 10.7. The number of hydrogen-bond donors (Lipinski definition) is 1. The van der Waals surface area contributed by atoms with Crippen molar-refractivity contribution in [1.29, 1.82) is 0 Å². The van der Waals surface area contributed by atoms with Crippen LogP contribution in [0.1, 0.15) is 10.6 Å². The molecule has 1 N–H and O–H groups in total. The lowest BCUT2D eigenvalue weighted by Crippen LogP contribution is -2.11. The Hall–Kier alpha value is -2.69. The minimum Gasteiger partial charge on any atom is -0.451 e. The number of nitrogens with one attached hydrogen (secondary N) is 1. The third kappa shape index (κ3) is 2.38. The fourth-order valence-corrected chi connectivity index (χ4v) is 1.91. The molecular formula is C15H9F2NO2. The van der Waals surface area contributed by atoms with Crippen molar-refractivity contribution in [2.24, 2.45) is 0 Å². The highest BCUT2D eigenvalue weighted by Crippen LogP contribution is 2.20. The van der Waals surface area contributed by atoms with Gasteiger partial charge in [-0.2, -0.15) is 0 Å². The smallest absolute Gasteiger partial charge is 0.291 e. The number of fused-ring (bicyclic) bond motifs is 1. The first-order chi connectivity index (χ1) is 9.61. The number of anilines is 1. The van der Waals surface area contributed by atoms with Gasteiger partial charge in [-0.25, -0.2) is 8.78 Å². The van der Waals surface area contributed by atoms with E-state index in [-0.39, 0.29) is 11.4 Å². The first-order valence-corrected chi connectivity index (χ1v) is 5.88. The zero-order valence-corrected chi connectivity index (χ0v) is 10.2. The maximum atomic E-state index is 13.0. The number of para-hydroxylation sites is 1. The molecule has 20 heavy (non-hydrogen) atoms. The fourth-order valence-electron chi connectivity index (χ4n) is 1.91. The van der Waals surface area contributed by atoms with Crippen molar-refractivity contribution in [2.45, 2.75) is 0 Å². The van der Waals surface area contributed by atoms with Gasteiger partial charge in [0.15, 0.2) is 5.76 Å². The second kappa shape index (κ2) is 4.77. The van der Waals surface area contributed by atoms with Crippen LogP contribution in [0.15, 0.2) is 52.9 Å². The maximum absolute atomic E-state index is 13.0. The molecular weight excluding hydrogens is 264 g/mol. The van der Waals surface area contributed by atoms with Crippen molar-refractivity contribution >= 4 is 22.6 Å². The summed E-state index contributed by atoms with van der Waals surface area (Å²) in [5.74, 6) is -2.00. The Balaban J connectivity index is 1.88. The molecule has 0 aliphatic rings. The molecule has 100 valence electrons. The minimum absolute atomic E-state index is 0.0351. The van der Waals surface area contributed by atoms with Crippen LogP contribution in [-0.4, -0.2) is 5.91 Å². The van der Waals surface area contributed by atoms with E-state index in [4.69, 9.17) is 4.42 Å². The number of carbonyl (C=O) groups is 1. The molecule has 2 aromatic carbocycles. The molecule has 0 unspecified atom stereocenters. The molecule has 3 rings (SSSR count). The Morgan fingerprint density at radius 3 is 2.40 bits per heavy atom. The average molecular weight is 273 g/mol. The van der Waals surface area contributed by atoms with E-state index in [0.717, 1.165) is 23.6 Å². The van der Waals surface area contributed by atoms with Crippen LogP contribution >= 0.6 is 0 Å². The monoisotopic (exact) mass is 273 g/mol. The average Bonchev–Trinajstić information content (AvgIpc) is 2.81. The van der Waals surface area contributed by atoms with Gasteiger partial charge in [-0.15, -0.1) is 0 Å². The summed E-state index contributed by atoms with van der Waals surface area (Å²) in [7, 11) is 0. The van der Waals surface area contributed by atoms with Crippen molar-refractivity contribution in [1.82, 2.24) is 0 Å². The Labute approximate surface area is 112 Å². The van der Waals surface area contributed by atoms with Gasteiger partial charge in [-0.1, -0.05) is 18.2 Å². The maximum Gasteiger partial charge on any atom is 0.291 e.